The minimum Gasteiger partial charge on any atom is -0.268 e. The number of hydrogen-bond acceptors (Lipinski definition) is 2. The van der Waals surface area contributed by atoms with Crippen LogP contribution < -0.4 is 11.1 Å². The van der Waals surface area contributed by atoms with Crippen LogP contribution in [0.2, 0.25) is 0 Å². The molecule has 0 saturated heterocycles. The van der Waals surface area contributed by atoms with Crippen LogP contribution in [-0.2, 0) is 19.3 Å². The smallest absolute Gasteiger partial charge is 0.266 e. The molecule has 0 bridgehead atoms. The number of hydrogen-bond donors (Lipinski definition) is 0. The highest BCUT2D eigenvalue weighted by Crippen LogP contribution is 2.54. The molecule has 0 saturated carbocycles. The lowest BCUT2D eigenvalue weighted by Gasteiger charge is -2.15. The number of aryl methyl sites for hydroxylation is 4. The van der Waals surface area contributed by atoms with Crippen molar-refractivity contribution in [3.05, 3.63) is 146 Å². The van der Waals surface area contributed by atoms with E-state index < -0.39 is 0 Å². The molecule has 1 aromatic heterocycles. The highest BCUT2D eigenvalue weighted by atomic mass is 16.2. The SMILES string of the molecule is CCCCc1ccccc1-c1cc2c3c(=O)n(-c4c(CCCC)cccc4CCCC)c(=O)c3c3cc(-c4ccccc4C)c4ccc5ccc1c1c5c4c3c21. The molecule has 0 aliphatic rings. The van der Waals surface area contributed by atoms with Gasteiger partial charge in [-0.3, -0.25) is 9.59 Å². The zero-order valence-electron chi connectivity index (χ0n) is 32.9. The lowest BCUT2D eigenvalue weighted by atomic mass is 9.87. The van der Waals surface area contributed by atoms with E-state index in [1.54, 1.807) is 4.57 Å². The first-order valence-electron chi connectivity index (χ1n) is 20.9. The van der Waals surface area contributed by atoms with Crippen LogP contribution in [0.1, 0.15) is 81.5 Å². The minimum atomic E-state index is -0.197. The third kappa shape index (κ3) is 4.89. The number of aromatic nitrogens is 1. The molecule has 3 heteroatoms. The summed E-state index contributed by atoms with van der Waals surface area (Å²) in [4.78, 5) is 31.1. The van der Waals surface area contributed by atoms with Gasteiger partial charge in [0.15, 0.2) is 0 Å². The first-order chi connectivity index (χ1) is 27.5. The summed E-state index contributed by atoms with van der Waals surface area (Å²) in [5.74, 6) is 0. The van der Waals surface area contributed by atoms with Gasteiger partial charge in [-0.05, 0) is 156 Å². The Bertz CT molecular complexity index is 3180. The Labute approximate surface area is 327 Å². The van der Waals surface area contributed by atoms with E-state index in [1.165, 1.54) is 49.0 Å². The second-order valence-electron chi connectivity index (χ2n) is 16.2. The van der Waals surface area contributed by atoms with Crippen LogP contribution in [0.4, 0.5) is 0 Å². The molecule has 0 N–H and O–H groups in total. The maximum atomic E-state index is 15.6. The van der Waals surface area contributed by atoms with Gasteiger partial charge in [0.2, 0.25) is 0 Å². The molecule has 0 aliphatic heterocycles. The normalized spacial score (nSPS) is 12.4. The van der Waals surface area contributed by atoms with Crippen molar-refractivity contribution < 1.29 is 0 Å². The maximum absolute atomic E-state index is 15.6. The Hall–Kier alpha value is -5.80. The summed E-state index contributed by atoms with van der Waals surface area (Å²) in [6.45, 7) is 8.80. The summed E-state index contributed by atoms with van der Waals surface area (Å²) >= 11 is 0. The number of fused-ring (bicyclic) bond motifs is 3. The van der Waals surface area contributed by atoms with Crippen LogP contribution in [-0.4, -0.2) is 4.57 Å². The zero-order valence-corrected chi connectivity index (χ0v) is 32.9. The Kier molecular flexibility index (Phi) is 8.33. The summed E-state index contributed by atoms with van der Waals surface area (Å²) in [6.07, 6.45) is 8.94. The molecule has 10 rings (SSSR count). The summed E-state index contributed by atoms with van der Waals surface area (Å²) in [5, 5.41) is 12.4. The highest BCUT2D eigenvalue weighted by Gasteiger charge is 2.30. The molecule has 1 heterocycles. The van der Waals surface area contributed by atoms with Gasteiger partial charge in [-0.2, -0.15) is 0 Å². The molecule has 0 spiro atoms. The molecule has 276 valence electrons. The van der Waals surface area contributed by atoms with Gasteiger partial charge in [0, 0.05) is 0 Å². The van der Waals surface area contributed by atoms with E-state index in [4.69, 9.17) is 0 Å². The van der Waals surface area contributed by atoms with Crippen LogP contribution in [0, 0.1) is 6.92 Å². The summed E-state index contributed by atoms with van der Waals surface area (Å²) in [7, 11) is 0. The molecule has 0 aliphatic carbocycles. The standard InChI is InChI=1S/C53H47NO2/c1-5-8-17-32-20-12-14-24-37(32)41-30-43-48-46-39(41)28-26-33-25-27-38-40(36-23-13-11-16-31(36)4)29-42(47(48)45(38)44(33)46)49-50(43)53(56)54(52(49)55)51-34(18-9-6-2)21-15-22-35(51)19-10-7-3/h11-16,20-30H,5-10,17-19H2,1-4H3. The number of unbranched alkanes of at least 4 members (excludes halogenated alkanes) is 3. The Morgan fingerprint density at radius 2 is 0.893 bits per heavy atom. The molecule has 0 atom stereocenters. The molecule has 3 nitrogen and oxygen atoms in total. The van der Waals surface area contributed by atoms with Gasteiger partial charge in [-0.25, -0.2) is 4.57 Å². The van der Waals surface area contributed by atoms with E-state index in [9.17, 15) is 0 Å². The number of rotatable bonds is 12. The lowest BCUT2D eigenvalue weighted by molar-refractivity contribution is 0.765. The Balaban J connectivity index is 1.44. The predicted octanol–water partition coefficient (Wildman–Crippen LogP) is 13.5. The van der Waals surface area contributed by atoms with Gasteiger partial charge >= 0.3 is 0 Å². The topological polar surface area (TPSA) is 39.1 Å². The van der Waals surface area contributed by atoms with Crippen molar-refractivity contribution in [3.8, 4) is 27.9 Å². The first kappa shape index (κ1) is 34.7. The fourth-order valence-electron chi connectivity index (χ4n) is 10.1. The van der Waals surface area contributed by atoms with Crippen LogP contribution in [0.5, 0.6) is 0 Å². The van der Waals surface area contributed by atoms with E-state index in [0.29, 0.717) is 10.8 Å². The van der Waals surface area contributed by atoms with Crippen LogP contribution in [0.3, 0.4) is 0 Å². The fraction of sp³-hybridized carbons (Fsp3) is 0.245. The lowest BCUT2D eigenvalue weighted by Crippen LogP contribution is -2.26. The minimum absolute atomic E-state index is 0.196. The molecule has 56 heavy (non-hydrogen) atoms. The molecule has 9 aromatic carbocycles. The highest BCUT2D eigenvalue weighted by molar-refractivity contribution is 6.50. The van der Waals surface area contributed by atoms with Crippen molar-refractivity contribution in [1.29, 1.82) is 0 Å². The molecule has 10 aromatic rings. The van der Waals surface area contributed by atoms with E-state index in [1.807, 2.05) is 0 Å². The van der Waals surface area contributed by atoms with Gasteiger partial charge < -0.3 is 0 Å². The summed E-state index contributed by atoms with van der Waals surface area (Å²) < 4.78 is 1.59. The van der Waals surface area contributed by atoms with Crippen molar-refractivity contribution in [2.75, 3.05) is 0 Å². The molecular weight excluding hydrogens is 683 g/mol. The van der Waals surface area contributed by atoms with Crippen molar-refractivity contribution in [3.63, 3.8) is 0 Å². The Morgan fingerprint density at radius 1 is 0.429 bits per heavy atom. The summed E-state index contributed by atoms with van der Waals surface area (Å²) in [5.41, 5.74) is 9.69. The number of para-hydroxylation sites is 1. The average Bonchev–Trinajstić information content (AvgIpc) is 3.72. The monoisotopic (exact) mass is 729 g/mol. The van der Waals surface area contributed by atoms with Crippen molar-refractivity contribution in [1.82, 2.24) is 4.57 Å². The zero-order chi connectivity index (χ0) is 38.2. The van der Waals surface area contributed by atoms with Crippen molar-refractivity contribution >= 4 is 64.6 Å². The second-order valence-corrected chi connectivity index (χ2v) is 16.2. The maximum Gasteiger partial charge on any atom is 0.266 e. The molecule has 0 radical (unpaired) electrons. The van der Waals surface area contributed by atoms with Gasteiger partial charge in [-0.15, -0.1) is 0 Å². The van der Waals surface area contributed by atoms with Crippen LogP contribution in [0.25, 0.3) is 92.6 Å². The fourth-order valence-corrected chi connectivity index (χ4v) is 10.1. The number of nitrogens with zero attached hydrogens (tertiary/aromatic N) is 1. The predicted molar refractivity (Wildman–Crippen MR) is 240 cm³/mol. The van der Waals surface area contributed by atoms with Gasteiger partial charge in [0.05, 0.1) is 16.5 Å². The molecular formula is C53H47NO2. The van der Waals surface area contributed by atoms with Crippen molar-refractivity contribution in [2.24, 2.45) is 0 Å². The van der Waals surface area contributed by atoms with Gasteiger partial charge in [0.25, 0.3) is 11.1 Å². The first-order valence-corrected chi connectivity index (χ1v) is 20.9. The quantitative estimate of drug-likeness (QED) is 0.117. The number of benzene rings is 8. The second kappa shape index (κ2) is 13.4. The van der Waals surface area contributed by atoms with Crippen LogP contribution >= 0.6 is 0 Å². The van der Waals surface area contributed by atoms with E-state index in [-0.39, 0.29) is 11.1 Å². The van der Waals surface area contributed by atoms with E-state index in [0.717, 1.165) is 113 Å². The largest absolute Gasteiger partial charge is 0.268 e. The third-order valence-electron chi connectivity index (χ3n) is 12.8. The van der Waals surface area contributed by atoms with Gasteiger partial charge in [-0.1, -0.05) is 131 Å². The average molecular weight is 730 g/mol. The van der Waals surface area contributed by atoms with E-state index >= 15 is 9.59 Å². The van der Waals surface area contributed by atoms with Crippen LogP contribution in [0.15, 0.2) is 113 Å². The van der Waals surface area contributed by atoms with E-state index in [2.05, 4.69) is 131 Å². The van der Waals surface area contributed by atoms with Gasteiger partial charge in [0.1, 0.15) is 0 Å². The molecule has 0 unspecified atom stereocenters. The molecule has 0 fully saturated rings. The van der Waals surface area contributed by atoms with Crippen molar-refractivity contribution in [2.45, 2.75) is 85.5 Å². The molecule has 0 amide bonds. The third-order valence-corrected chi connectivity index (χ3v) is 12.8. The summed E-state index contributed by atoms with van der Waals surface area (Å²) in [6, 6.07) is 37.3. The Morgan fingerprint density at radius 3 is 1.45 bits per heavy atom.